The number of oxime groups is 1. The minimum Gasteiger partial charge on any atom is -0.387 e. The fraction of sp³-hybridized carbons (Fsp3) is 0.360. The Kier molecular flexibility index (Phi) is 8.75. The number of thioether (sulfide) groups is 1. The molecular formula is C25H20Cl3F3N4O2S2. The van der Waals surface area contributed by atoms with Crippen LogP contribution in [-0.2, 0) is 15.8 Å². The molecule has 0 bridgehead atoms. The van der Waals surface area contributed by atoms with Gasteiger partial charge in [-0.05, 0) is 37.1 Å². The van der Waals surface area contributed by atoms with Gasteiger partial charge in [-0.15, -0.1) is 11.3 Å². The van der Waals surface area contributed by atoms with Crippen LogP contribution in [0, 0.1) is 0 Å². The van der Waals surface area contributed by atoms with Crippen molar-refractivity contribution in [2.45, 2.75) is 47.9 Å². The maximum atomic E-state index is 13.4. The summed E-state index contributed by atoms with van der Waals surface area (Å²) >= 11 is 21.0. The van der Waals surface area contributed by atoms with E-state index in [0.717, 1.165) is 28.5 Å². The number of piperidine rings is 1. The molecule has 1 unspecified atom stereocenters. The number of alkyl halides is 3. The quantitative estimate of drug-likeness (QED) is 0.194. The van der Waals surface area contributed by atoms with Crippen molar-refractivity contribution < 1.29 is 22.8 Å². The van der Waals surface area contributed by atoms with Crippen LogP contribution in [0.4, 0.5) is 13.2 Å². The molecule has 1 aromatic carbocycles. The number of hydrogen-bond acceptors (Lipinski definition) is 8. The second-order valence-electron chi connectivity index (χ2n) is 9.00. The van der Waals surface area contributed by atoms with E-state index in [1.54, 1.807) is 12.1 Å². The normalized spacial score (nSPS) is 19.5. The minimum atomic E-state index is -4.54. The van der Waals surface area contributed by atoms with Crippen LogP contribution >= 0.6 is 57.9 Å². The Labute approximate surface area is 245 Å². The van der Waals surface area contributed by atoms with Crippen molar-refractivity contribution in [2.24, 2.45) is 5.16 Å². The molecule has 2 atom stereocenters. The van der Waals surface area contributed by atoms with Gasteiger partial charge in [0.1, 0.15) is 22.4 Å². The second-order valence-corrected chi connectivity index (χ2v) is 12.2. The highest BCUT2D eigenvalue weighted by molar-refractivity contribution is 8.00. The van der Waals surface area contributed by atoms with Gasteiger partial charge in [0.25, 0.3) is 0 Å². The summed E-state index contributed by atoms with van der Waals surface area (Å²) < 4.78 is 40.1. The third-order valence-electron chi connectivity index (χ3n) is 6.52. The first kappa shape index (κ1) is 28.6. The molecule has 2 aliphatic rings. The standard InChI is InChI=1S/C25H20Cl3F3N4O2S2/c26-14-8-16(27)22(17(28)9-14)20-10-18(34-37-20)19-12-38-23(33-19)13-3-6-35(7-4-13)21(11-36)39-24-15(25(29,30)31)2-1-5-32-24/h1-2,5,8-9,11-13,20-21H,3-4,6-7,10H2/t20-,21?/m1/s1. The molecule has 0 radical (unpaired) electrons. The van der Waals surface area contributed by atoms with Gasteiger partial charge in [-0.25, -0.2) is 9.97 Å². The van der Waals surface area contributed by atoms with E-state index in [-0.39, 0.29) is 10.9 Å². The number of hydrogen-bond donors (Lipinski definition) is 0. The van der Waals surface area contributed by atoms with Crippen molar-refractivity contribution in [3.8, 4) is 0 Å². The fourth-order valence-corrected chi connectivity index (χ4v) is 7.69. The van der Waals surface area contributed by atoms with E-state index in [1.165, 1.54) is 23.6 Å². The topological polar surface area (TPSA) is 67.7 Å². The molecule has 6 nitrogen and oxygen atoms in total. The number of nitrogens with zero attached hydrogens (tertiary/aromatic N) is 4. The molecule has 39 heavy (non-hydrogen) atoms. The average Bonchev–Trinajstić information content (AvgIpc) is 3.57. The van der Waals surface area contributed by atoms with Crippen LogP contribution in [0.2, 0.25) is 15.1 Å². The molecule has 2 aromatic heterocycles. The summed E-state index contributed by atoms with van der Waals surface area (Å²) in [7, 11) is 0. The number of carbonyl (C=O) groups is 1. The van der Waals surface area contributed by atoms with Gasteiger partial charge in [0.05, 0.1) is 26.3 Å². The maximum absolute atomic E-state index is 13.4. The van der Waals surface area contributed by atoms with Crippen molar-refractivity contribution in [3.63, 3.8) is 0 Å². The highest BCUT2D eigenvalue weighted by Gasteiger charge is 2.36. The van der Waals surface area contributed by atoms with Crippen molar-refractivity contribution >= 4 is 69.9 Å². The van der Waals surface area contributed by atoms with Crippen LogP contribution < -0.4 is 0 Å². The Balaban J connectivity index is 1.20. The number of aromatic nitrogens is 2. The predicted octanol–water partition coefficient (Wildman–Crippen LogP) is 7.88. The van der Waals surface area contributed by atoms with Gasteiger partial charge in [0, 0.05) is 47.6 Å². The molecule has 4 heterocycles. The summed E-state index contributed by atoms with van der Waals surface area (Å²) in [5, 5.41) is 7.37. The third-order valence-corrected chi connectivity index (χ3v) is 9.57. The zero-order valence-corrected chi connectivity index (χ0v) is 23.9. The molecule has 14 heteroatoms. The van der Waals surface area contributed by atoms with Crippen LogP contribution in [0.15, 0.2) is 46.0 Å². The number of benzene rings is 1. The van der Waals surface area contributed by atoms with Gasteiger partial charge >= 0.3 is 6.18 Å². The molecule has 0 spiro atoms. The van der Waals surface area contributed by atoms with Crippen LogP contribution in [0.5, 0.6) is 0 Å². The minimum absolute atomic E-state index is 0.164. The lowest BCUT2D eigenvalue weighted by Gasteiger charge is -2.34. The lowest BCUT2D eigenvalue weighted by molar-refractivity contribution is -0.140. The zero-order chi connectivity index (χ0) is 27.7. The number of pyridine rings is 1. The Bertz CT molecular complexity index is 1370. The number of likely N-dealkylation sites (tertiary alicyclic amines) is 1. The highest BCUT2D eigenvalue weighted by atomic mass is 35.5. The summed E-state index contributed by atoms with van der Waals surface area (Å²) in [6.07, 6.45) is -1.13. The summed E-state index contributed by atoms with van der Waals surface area (Å²) in [6.45, 7) is 1.09. The van der Waals surface area contributed by atoms with Crippen LogP contribution in [0.1, 0.15) is 53.1 Å². The van der Waals surface area contributed by atoms with E-state index in [9.17, 15) is 18.0 Å². The first-order chi connectivity index (χ1) is 18.6. The molecule has 1 saturated heterocycles. The molecule has 2 aliphatic heterocycles. The monoisotopic (exact) mass is 634 g/mol. The van der Waals surface area contributed by atoms with Gasteiger partial charge in [-0.1, -0.05) is 51.7 Å². The molecule has 0 amide bonds. The number of thiazole rings is 1. The van der Waals surface area contributed by atoms with Crippen molar-refractivity contribution in [2.75, 3.05) is 13.1 Å². The molecule has 206 valence electrons. The third kappa shape index (κ3) is 6.39. The molecule has 3 aromatic rings. The predicted molar refractivity (Wildman–Crippen MR) is 147 cm³/mol. The summed E-state index contributed by atoms with van der Waals surface area (Å²) in [6, 6.07) is 5.43. The molecular weight excluding hydrogens is 616 g/mol. The Hall–Kier alpha value is -1.89. The van der Waals surface area contributed by atoms with E-state index >= 15 is 0 Å². The average molecular weight is 636 g/mol. The number of carbonyl (C=O) groups excluding carboxylic acids is 1. The SMILES string of the molecule is O=CC(Sc1ncccc1C(F)(F)F)N1CCC(c2nc(C3=NO[C@@H](c4c(Cl)cc(Cl)cc4Cl)C3)cs2)CC1. The zero-order valence-electron chi connectivity index (χ0n) is 20.0. The largest absolute Gasteiger partial charge is 0.419 e. The van der Waals surface area contributed by atoms with E-state index in [0.29, 0.717) is 65.0 Å². The summed E-state index contributed by atoms with van der Waals surface area (Å²) in [4.78, 5) is 28.0. The van der Waals surface area contributed by atoms with E-state index in [2.05, 4.69) is 10.1 Å². The lowest BCUT2D eigenvalue weighted by Crippen LogP contribution is -2.40. The molecule has 0 N–H and O–H groups in total. The van der Waals surface area contributed by atoms with Crippen molar-refractivity contribution in [1.29, 1.82) is 0 Å². The van der Waals surface area contributed by atoms with E-state index in [1.807, 2.05) is 10.3 Å². The summed E-state index contributed by atoms with van der Waals surface area (Å²) in [5.41, 5.74) is 1.20. The lowest BCUT2D eigenvalue weighted by atomic mass is 9.97. The van der Waals surface area contributed by atoms with Crippen LogP contribution in [0.3, 0.4) is 0 Å². The van der Waals surface area contributed by atoms with Crippen LogP contribution in [0.25, 0.3) is 0 Å². The Morgan fingerprint density at radius 3 is 2.56 bits per heavy atom. The maximum Gasteiger partial charge on any atom is 0.419 e. The van der Waals surface area contributed by atoms with Gasteiger partial charge in [-0.3, -0.25) is 4.90 Å². The number of rotatable bonds is 7. The van der Waals surface area contributed by atoms with Crippen molar-refractivity contribution in [1.82, 2.24) is 14.9 Å². The van der Waals surface area contributed by atoms with E-state index in [4.69, 9.17) is 44.6 Å². The second kappa shape index (κ2) is 11.9. The van der Waals surface area contributed by atoms with E-state index < -0.39 is 23.2 Å². The molecule has 1 fully saturated rings. The highest BCUT2D eigenvalue weighted by Crippen LogP contribution is 2.41. The Morgan fingerprint density at radius 2 is 1.90 bits per heavy atom. The first-order valence-corrected chi connectivity index (χ1v) is 14.7. The first-order valence-electron chi connectivity index (χ1n) is 11.8. The molecule has 0 saturated carbocycles. The number of aldehydes is 1. The molecule has 0 aliphatic carbocycles. The molecule has 5 rings (SSSR count). The number of halogens is 6. The summed E-state index contributed by atoms with van der Waals surface area (Å²) in [5.74, 6) is 0.164. The fourth-order valence-electron chi connectivity index (χ4n) is 4.56. The Morgan fingerprint density at radius 1 is 1.18 bits per heavy atom. The van der Waals surface area contributed by atoms with Gasteiger partial charge < -0.3 is 9.63 Å². The van der Waals surface area contributed by atoms with Gasteiger partial charge in [0.2, 0.25) is 0 Å². The van der Waals surface area contributed by atoms with Crippen molar-refractivity contribution in [3.05, 3.63) is 72.7 Å². The van der Waals surface area contributed by atoms with Crippen LogP contribution in [-0.4, -0.2) is 45.3 Å². The van der Waals surface area contributed by atoms with Gasteiger partial charge in [0.15, 0.2) is 6.10 Å². The smallest absolute Gasteiger partial charge is 0.387 e. The van der Waals surface area contributed by atoms with Gasteiger partial charge in [-0.2, -0.15) is 13.2 Å².